The quantitative estimate of drug-likeness (QED) is 0.730. The van der Waals surface area contributed by atoms with Crippen molar-refractivity contribution < 1.29 is 8.94 Å². The Labute approximate surface area is 129 Å². The van der Waals surface area contributed by atoms with E-state index in [1.54, 1.807) is 0 Å². The van der Waals surface area contributed by atoms with Gasteiger partial charge in [-0.15, -0.1) is 0 Å². The first-order valence-electron chi connectivity index (χ1n) is 7.43. The second-order valence-electron chi connectivity index (χ2n) is 7.38. The molecule has 3 aromatic rings. The van der Waals surface area contributed by atoms with Gasteiger partial charge in [0.25, 0.3) is 0 Å². The molecule has 0 aliphatic heterocycles. The largest absolute Gasteiger partial charge is 0.440 e. The molecule has 0 unspecified atom stereocenters. The SMILES string of the molecule is CC(C)(C)c1nc2ccc(CC(C)(C)c3ncno3)cc2o1. The number of rotatable bonds is 3. The molecule has 116 valence electrons. The molecular formula is C17H21N3O2. The molecule has 5 heteroatoms. The van der Waals surface area contributed by atoms with Crippen molar-refractivity contribution in [3.8, 4) is 0 Å². The van der Waals surface area contributed by atoms with Crippen LogP contribution in [0.4, 0.5) is 0 Å². The summed E-state index contributed by atoms with van der Waals surface area (Å²) in [5, 5.41) is 3.70. The molecule has 0 atom stereocenters. The molecule has 5 nitrogen and oxygen atoms in total. The second kappa shape index (κ2) is 4.93. The number of hydrogen-bond acceptors (Lipinski definition) is 5. The summed E-state index contributed by atoms with van der Waals surface area (Å²) in [5.74, 6) is 1.40. The molecule has 0 bridgehead atoms. The van der Waals surface area contributed by atoms with E-state index >= 15 is 0 Å². The average molecular weight is 299 g/mol. The van der Waals surface area contributed by atoms with E-state index < -0.39 is 0 Å². The summed E-state index contributed by atoms with van der Waals surface area (Å²) in [6.07, 6.45) is 2.23. The highest BCUT2D eigenvalue weighted by Gasteiger charge is 2.27. The van der Waals surface area contributed by atoms with Crippen LogP contribution in [0.5, 0.6) is 0 Å². The zero-order valence-electron chi connectivity index (χ0n) is 13.7. The molecule has 0 aliphatic carbocycles. The fourth-order valence-corrected chi connectivity index (χ4v) is 2.46. The van der Waals surface area contributed by atoms with E-state index in [9.17, 15) is 0 Å². The summed E-state index contributed by atoms with van der Waals surface area (Å²) >= 11 is 0. The highest BCUT2D eigenvalue weighted by atomic mass is 16.5. The van der Waals surface area contributed by atoms with Crippen molar-refractivity contribution in [1.29, 1.82) is 0 Å². The number of benzene rings is 1. The van der Waals surface area contributed by atoms with Crippen LogP contribution in [0.2, 0.25) is 0 Å². The van der Waals surface area contributed by atoms with Crippen LogP contribution in [-0.4, -0.2) is 15.1 Å². The van der Waals surface area contributed by atoms with E-state index in [2.05, 4.69) is 61.9 Å². The Kier molecular flexibility index (Phi) is 3.31. The summed E-state index contributed by atoms with van der Waals surface area (Å²) in [7, 11) is 0. The molecule has 0 amide bonds. The molecule has 0 radical (unpaired) electrons. The monoisotopic (exact) mass is 299 g/mol. The van der Waals surface area contributed by atoms with Gasteiger partial charge >= 0.3 is 0 Å². The predicted molar refractivity (Wildman–Crippen MR) is 83.7 cm³/mol. The van der Waals surface area contributed by atoms with Crippen LogP contribution < -0.4 is 0 Å². The van der Waals surface area contributed by atoms with Crippen LogP contribution in [0.1, 0.15) is 52.0 Å². The third-order valence-electron chi connectivity index (χ3n) is 3.68. The molecule has 0 spiro atoms. The van der Waals surface area contributed by atoms with Crippen LogP contribution in [-0.2, 0) is 17.3 Å². The number of hydrogen-bond donors (Lipinski definition) is 0. The summed E-state index contributed by atoms with van der Waals surface area (Å²) < 4.78 is 11.1. The van der Waals surface area contributed by atoms with Gasteiger partial charge in [0.2, 0.25) is 11.8 Å². The Balaban J connectivity index is 1.92. The normalized spacial score (nSPS) is 13.0. The topological polar surface area (TPSA) is 65.0 Å². The molecule has 0 N–H and O–H groups in total. The zero-order valence-corrected chi connectivity index (χ0v) is 13.7. The molecule has 22 heavy (non-hydrogen) atoms. The summed E-state index contributed by atoms with van der Waals surface area (Å²) in [6.45, 7) is 10.5. The lowest BCUT2D eigenvalue weighted by Crippen LogP contribution is -2.20. The minimum Gasteiger partial charge on any atom is -0.440 e. The standard InChI is InChI=1S/C17H21N3O2/c1-16(2,3)14-20-12-7-6-11(8-13(12)21-14)9-17(4,5)15-18-10-19-22-15/h6-8,10H,9H2,1-5H3. The van der Waals surface area contributed by atoms with Crippen molar-refractivity contribution in [3.63, 3.8) is 0 Å². The minimum atomic E-state index is -0.225. The van der Waals surface area contributed by atoms with E-state index in [0.29, 0.717) is 5.89 Å². The highest BCUT2D eigenvalue weighted by Crippen LogP contribution is 2.29. The molecule has 2 heterocycles. The number of aromatic nitrogens is 3. The Morgan fingerprint density at radius 2 is 1.82 bits per heavy atom. The maximum absolute atomic E-state index is 5.92. The molecule has 2 aromatic heterocycles. The van der Waals surface area contributed by atoms with Crippen molar-refractivity contribution in [2.45, 2.75) is 51.9 Å². The fraction of sp³-hybridized carbons (Fsp3) is 0.471. The van der Waals surface area contributed by atoms with Gasteiger partial charge in [0.1, 0.15) is 5.52 Å². The molecule has 0 fully saturated rings. The molecule has 0 saturated heterocycles. The lowest BCUT2D eigenvalue weighted by Gasteiger charge is -2.19. The summed E-state index contributed by atoms with van der Waals surface area (Å²) in [6, 6.07) is 6.14. The van der Waals surface area contributed by atoms with E-state index in [4.69, 9.17) is 8.94 Å². The van der Waals surface area contributed by atoms with Crippen molar-refractivity contribution in [2.75, 3.05) is 0 Å². The van der Waals surface area contributed by atoms with E-state index in [1.165, 1.54) is 6.33 Å². The second-order valence-corrected chi connectivity index (χ2v) is 7.38. The maximum atomic E-state index is 5.92. The fourth-order valence-electron chi connectivity index (χ4n) is 2.46. The smallest absolute Gasteiger partial charge is 0.232 e. The molecule has 3 rings (SSSR count). The summed E-state index contributed by atoms with van der Waals surface area (Å²) in [5.41, 5.74) is 2.56. The third kappa shape index (κ3) is 2.75. The van der Waals surface area contributed by atoms with Crippen LogP contribution >= 0.6 is 0 Å². The van der Waals surface area contributed by atoms with Gasteiger partial charge in [-0.25, -0.2) is 4.98 Å². The predicted octanol–water partition coefficient (Wildman–Crippen LogP) is 4.03. The van der Waals surface area contributed by atoms with Gasteiger partial charge in [-0.2, -0.15) is 4.98 Å². The van der Waals surface area contributed by atoms with Gasteiger partial charge in [0.05, 0.1) is 0 Å². The lowest BCUT2D eigenvalue weighted by molar-refractivity contribution is 0.305. The van der Waals surface area contributed by atoms with E-state index in [-0.39, 0.29) is 10.8 Å². The number of fused-ring (bicyclic) bond motifs is 1. The first-order valence-corrected chi connectivity index (χ1v) is 7.43. The first-order chi connectivity index (χ1) is 10.3. The Bertz CT molecular complexity index is 780. The third-order valence-corrected chi connectivity index (χ3v) is 3.68. The van der Waals surface area contributed by atoms with Crippen LogP contribution in [0.15, 0.2) is 33.5 Å². The number of nitrogens with zero attached hydrogens (tertiary/aromatic N) is 3. The van der Waals surface area contributed by atoms with Crippen molar-refractivity contribution in [1.82, 2.24) is 15.1 Å². The van der Waals surface area contributed by atoms with Crippen molar-refractivity contribution in [3.05, 3.63) is 41.9 Å². The van der Waals surface area contributed by atoms with Crippen LogP contribution in [0.25, 0.3) is 11.1 Å². The zero-order chi connectivity index (χ0) is 16.0. The van der Waals surface area contributed by atoms with Gasteiger partial charge in [-0.05, 0) is 24.1 Å². The Morgan fingerprint density at radius 3 is 2.45 bits per heavy atom. The van der Waals surface area contributed by atoms with E-state index in [1.807, 2.05) is 6.07 Å². The van der Waals surface area contributed by atoms with Gasteiger partial charge in [-0.3, -0.25) is 0 Å². The van der Waals surface area contributed by atoms with Crippen molar-refractivity contribution >= 4 is 11.1 Å². The van der Waals surface area contributed by atoms with Gasteiger partial charge < -0.3 is 8.94 Å². The molecule has 0 aliphatic rings. The van der Waals surface area contributed by atoms with Crippen LogP contribution in [0, 0.1) is 0 Å². The molecule has 1 aromatic carbocycles. The first kappa shape index (κ1) is 14.8. The summed E-state index contributed by atoms with van der Waals surface area (Å²) in [4.78, 5) is 8.73. The Hall–Kier alpha value is -2.17. The molecular weight excluding hydrogens is 278 g/mol. The molecule has 0 saturated carbocycles. The van der Waals surface area contributed by atoms with Gasteiger partial charge in [0.15, 0.2) is 11.9 Å². The van der Waals surface area contributed by atoms with Gasteiger partial charge in [-0.1, -0.05) is 45.8 Å². The maximum Gasteiger partial charge on any atom is 0.232 e. The highest BCUT2D eigenvalue weighted by molar-refractivity contribution is 5.73. The lowest BCUT2D eigenvalue weighted by atomic mass is 9.85. The van der Waals surface area contributed by atoms with Crippen LogP contribution in [0.3, 0.4) is 0 Å². The average Bonchev–Trinajstić information content (AvgIpc) is 3.06. The van der Waals surface area contributed by atoms with Gasteiger partial charge in [0, 0.05) is 10.8 Å². The minimum absolute atomic E-state index is 0.0950. The Morgan fingerprint density at radius 1 is 1.05 bits per heavy atom. The number of oxazole rings is 1. The van der Waals surface area contributed by atoms with Crippen molar-refractivity contribution in [2.24, 2.45) is 0 Å². The van der Waals surface area contributed by atoms with E-state index in [0.717, 1.165) is 29.0 Å².